The van der Waals surface area contributed by atoms with Gasteiger partial charge in [0, 0.05) is 54.6 Å². The van der Waals surface area contributed by atoms with Gasteiger partial charge in [-0.3, -0.25) is 14.8 Å². The smallest absolute Gasteiger partial charge is 0.226 e. The SMILES string of the molecule is O=C([C@H]1CCc2c(sc3ncnc(Nc4ccc5[nH]ncc5c4)c23)C1)N1CCN(Cc2ccccc2)CC1. The second-order valence-corrected chi connectivity index (χ2v) is 11.3. The Kier molecular flexibility index (Phi) is 6.02. The van der Waals surface area contributed by atoms with Crippen LogP contribution in [0, 0.1) is 5.92 Å². The molecule has 7 rings (SSSR count). The maximum Gasteiger partial charge on any atom is 0.226 e. The van der Waals surface area contributed by atoms with Gasteiger partial charge in [-0.1, -0.05) is 30.3 Å². The van der Waals surface area contributed by atoms with E-state index in [0.29, 0.717) is 5.91 Å². The van der Waals surface area contributed by atoms with Crippen LogP contribution in [0.3, 0.4) is 0 Å². The summed E-state index contributed by atoms with van der Waals surface area (Å²) in [6.07, 6.45) is 5.99. The molecule has 0 saturated carbocycles. The maximum atomic E-state index is 13.5. The van der Waals surface area contributed by atoms with Crippen LogP contribution in [0.25, 0.3) is 21.1 Å². The summed E-state index contributed by atoms with van der Waals surface area (Å²) in [5.41, 5.74) is 4.60. The third-order valence-corrected chi connectivity index (χ3v) is 8.99. The number of hydrogen-bond donors (Lipinski definition) is 2. The predicted molar refractivity (Wildman–Crippen MR) is 151 cm³/mol. The second kappa shape index (κ2) is 9.81. The topological polar surface area (TPSA) is 90.0 Å². The first-order valence-corrected chi connectivity index (χ1v) is 14.0. The highest BCUT2D eigenvalue weighted by molar-refractivity contribution is 7.19. The number of nitrogens with one attached hydrogen (secondary N) is 2. The maximum absolute atomic E-state index is 13.5. The first kappa shape index (κ1) is 23.3. The van der Waals surface area contributed by atoms with Crippen LogP contribution in [0.2, 0.25) is 0 Å². The number of carbonyl (C=O) groups excluding carboxylic acids is 1. The van der Waals surface area contributed by atoms with Crippen molar-refractivity contribution in [1.82, 2.24) is 30.0 Å². The fraction of sp³-hybridized carbons (Fsp3) is 0.310. The van der Waals surface area contributed by atoms with Gasteiger partial charge in [-0.05, 0) is 48.6 Å². The molecule has 8 nitrogen and oxygen atoms in total. The van der Waals surface area contributed by atoms with E-state index < -0.39 is 0 Å². The number of aromatic amines is 1. The highest BCUT2D eigenvalue weighted by atomic mass is 32.1. The molecule has 1 amide bonds. The summed E-state index contributed by atoms with van der Waals surface area (Å²) in [5, 5.41) is 12.8. The van der Waals surface area contributed by atoms with E-state index in [9.17, 15) is 4.79 Å². The molecule has 1 aliphatic heterocycles. The third-order valence-electron chi connectivity index (χ3n) is 7.83. The van der Waals surface area contributed by atoms with Gasteiger partial charge in [0.1, 0.15) is 17.0 Å². The van der Waals surface area contributed by atoms with E-state index >= 15 is 0 Å². The number of aryl methyl sites for hydroxylation is 1. The standard InChI is InChI=1S/C29H29N7OS/c37-29(36-12-10-35(11-13-36)17-19-4-2-1-3-5-19)20-6-8-23-25(15-20)38-28-26(23)27(30-18-31-28)33-22-7-9-24-21(14-22)16-32-34-24/h1-5,7,9,14,16,18,20H,6,8,10-13,15,17H2,(H,32,34)(H,30,31,33)/t20-/m0/s1. The van der Waals surface area contributed by atoms with Crippen LogP contribution in [0.4, 0.5) is 11.5 Å². The van der Waals surface area contributed by atoms with Crippen molar-refractivity contribution < 1.29 is 4.79 Å². The van der Waals surface area contributed by atoms with Gasteiger partial charge in [0.15, 0.2) is 0 Å². The van der Waals surface area contributed by atoms with Crippen molar-refractivity contribution in [3.63, 3.8) is 0 Å². The van der Waals surface area contributed by atoms with E-state index in [1.165, 1.54) is 16.0 Å². The Labute approximate surface area is 224 Å². The summed E-state index contributed by atoms with van der Waals surface area (Å²) in [6.45, 7) is 4.42. The number of aromatic nitrogens is 4. The molecule has 3 aromatic heterocycles. The van der Waals surface area contributed by atoms with E-state index in [1.807, 2.05) is 18.3 Å². The van der Waals surface area contributed by atoms with Crippen molar-refractivity contribution in [3.05, 3.63) is 77.1 Å². The number of fused-ring (bicyclic) bond motifs is 4. The highest BCUT2D eigenvalue weighted by Crippen LogP contribution is 2.41. The Hall–Kier alpha value is -3.82. The molecule has 2 aromatic carbocycles. The zero-order valence-electron chi connectivity index (χ0n) is 21.1. The van der Waals surface area contributed by atoms with Gasteiger partial charge in [0.2, 0.25) is 5.91 Å². The summed E-state index contributed by atoms with van der Waals surface area (Å²) in [4.78, 5) is 29.5. The number of carbonyl (C=O) groups is 1. The van der Waals surface area contributed by atoms with Gasteiger partial charge in [0.25, 0.3) is 0 Å². The van der Waals surface area contributed by atoms with Crippen molar-refractivity contribution in [2.45, 2.75) is 25.8 Å². The van der Waals surface area contributed by atoms with Crippen LogP contribution >= 0.6 is 11.3 Å². The number of hydrogen-bond acceptors (Lipinski definition) is 7. The lowest BCUT2D eigenvalue weighted by atomic mass is 9.86. The Balaban J connectivity index is 1.05. The average molecular weight is 524 g/mol. The summed E-state index contributed by atoms with van der Waals surface area (Å²) in [7, 11) is 0. The molecule has 1 aliphatic carbocycles. The van der Waals surface area contributed by atoms with Crippen LogP contribution in [-0.4, -0.2) is 62.1 Å². The van der Waals surface area contributed by atoms with Crippen molar-refractivity contribution in [3.8, 4) is 0 Å². The second-order valence-electron chi connectivity index (χ2n) is 10.2. The van der Waals surface area contributed by atoms with Gasteiger partial charge in [-0.15, -0.1) is 11.3 Å². The molecule has 0 bridgehead atoms. The minimum absolute atomic E-state index is 0.0455. The van der Waals surface area contributed by atoms with Crippen molar-refractivity contribution >= 4 is 49.9 Å². The molecule has 4 heterocycles. The lowest BCUT2D eigenvalue weighted by Crippen LogP contribution is -2.50. The van der Waals surface area contributed by atoms with E-state index in [1.54, 1.807) is 17.7 Å². The number of anilines is 2. The quantitative estimate of drug-likeness (QED) is 0.345. The molecular formula is C29H29N7OS. The normalized spacial score (nSPS) is 18.1. The number of nitrogens with zero attached hydrogens (tertiary/aromatic N) is 5. The van der Waals surface area contributed by atoms with Gasteiger partial charge in [-0.25, -0.2) is 9.97 Å². The fourth-order valence-electron chi connectivity index (χ4n) is 5.80. The van der Waals surface area contributed by atoms with Crippen molar-refractivity contribution in [2.24, 2.45) is 5.92 Å². The van der Waals surface area contributed by atoms with Crippen LogP contribution in [0.1, 0.15) is 22.4 Å². The molecule has 9 heteroatoms. The highest BCUT2D eigenvalue weighted by Gasteiger charge is 2.32. The van der Waals surface area contributed by atoms with E-state index in [-0.39, 0.29) is 5.92 Å². The van der Waals surface area contributed by atoms with Crippen molar-refractivity contribution in [1.29, 1.82) is 0 Å². The van der Waals surface area contributed by atoms with E-state index in [2.05, 4.69) is 71.7 Å². The van der Waals surface area contributed by atoms with Gasteiger partial charge in [0.05, 0.1) is 17.1 Å². The molecule has 0 spiro atoms. The molecule has 192 valence electrons. The lowest BCUT2D eigenvalue weighted by Gasteiger charge is -2.37. The molecule has 1 atom stereocenters. The summed E-state index contributed by atoms with van der Waals surface area (Å²) in [6, 6.07) is 16.7. The number of thiophene rings is 1. The molecule has 2 aliphatic rings. The fourth-order valence-corrected chi connectivity index (χ4v) is 7.07. The monoisotopic (exact) mass is 523 g/mol. The van der Waals surface area contributed by atoms with Gasteiger partial charge < -0.3 is 10.2 Å². The molecule has 1 fully saturated rings. The van der Waals surface area contributed by atoms with Crippen LogP contribution in [0.15, 0.2) is 61.1 Å². The summed E-state index contributed by atoms with van der Waals surface area (Å²) >= 11 is 1.71. The zero-order chi connectivity index (χ0) is 25.5. The number of H-pyrrole nitrogens is 1. The largest absolute Gasteiger partial charge is 0.340 e. The third kappa shape index (κ3) is 4.41. The Morgan fingerprint density at radius 2 is 1.95 bits per heavy atom. The number of amides is 1. The summed E-state index contributed by atoms with van der Waals surface area (Å²) < 4.78 is 0. The summed E-state index contributed by atoms with van der Waals surface area (Å²) in [5.74, 6) is 1.18. The van der Waals surface area contributed by atoms with Crippen LogP contribution < -0.4 is 5.32 Å². The Bertz CT molecular complexity index is 1600. The van der Waals surface area contributed by atoms with E-state index in [0.717, 1.165) is 84.6 Å². The van der Waals surface area contributed by atoms with Crippen LogP contribution in [-0.2, 0) is 24.2 Å². The zero-order valence-corrected chi connectivity index (χ0v) is 21.9. The first-order valence-electron chi connectivity index (χ1n) is 13.2. The molecule has 1 saturated heterocycles. The minimum Gasteiger partial charge on any atom is -0.340 e. The number of rotatable bonds is 5. The molecule has 38 heavy (non-hydrogen) atoms. The molecule has 5 aromatic rings. The van der Waals surface area contributed by atoms with E-state index in [4.69, 9.17) is 0 Å². The number of piperazine rings is 1. The van der Waals surface area contributed by atoms with Crippen LogP contribution in [0.5, 0.6) is 0 Å². The van der Waals surface area contributed by atoms with Crippen molar-refractivity contribution in [2.75, 3.05) is 31.5 Å². The molecule has 2 N–H and O–H groups in total. The average Bonchev–Trinajstić information content (AvgIpc) is 3.58. The lowest BCUT2D eigenvalue weighted by molar-refractivity contribution is -0.137. The molecular weight excluding hydrogens is 494 g/mol. The van der Waals surface area contributed by atoms with Gasteiger partial charge in [-0.2, -0.15) is 5.10 Å². The number of benzene rings is 2. The van der Waals surface area contributed by atoms with Gasteiger partial charge >= 0.3 is 0 Å². The first-order chi connectivity index (χ1) is 18.7. The Morgan fingerprint density at radius 3 is 2.82 bits per heavy atom. The minimum atomic E-state index is 0.0455. The molecule has 0 unspecified atom stereocenters. The molecule has 0 radical (unpaired) electrons. The Morgan fingerprint density at radius 1 is 1.08 bits per heavy atom. The predicted octanol–water partition coefficient (Wildman–Crippen LogP) is 4.76.